The molecule has 0 saturated heterocycles. The number of benzene rings is 1. The molecular formula is C12H12O3. The van der Waals surface area contributed by atoms with E-state index < -0.39 is 11.4 Å². The number of hydrogen-bond acceptors (Lipinski definition) is 3. The summed E-state index contributed by atoms with van der Waals surface area (Å²) in [5, 5.41) is 0. The second-order valence-electron chi connectivity index (χ2n) is 3.77. The van der Waals surface area contributed by atoms with Gasteiger partial charge < -0.3 is 4.74 Å². The van der Waals surface area contributed by atoms with E-state index in [1.165, 1.54) is 7.11 Å². The number of carbonyl (C=O) groups is 2. The number of hydrogen-bond donors (Lipinski definition) is 0. The first-order valence-electron chi connectivity index (χ1n) is 4.89. The fourth-order valence-electron chi connectivity index (χ4n) is 1.71. The zero-order chi connectivity index (χ0) is 10.9. The van der Waals surface area contributed by atoms with Crippen LogP contribution in [0.2, 0.25) is 0 Å². The summed E-state index contributed by atoms with van der Waals surface area (Å²) in [6, 6.07) is 8.88. The summed E-state index contributed by atoms with van der Waals surface area (Å²) in [6.45, 7) is 0. The van der Waals surface area contributed by atoms with E-state index >= 15 is 0 Å². The van der Waals surface area contributed by atoms with Crippen LogP contribution in [0, 0.1) is 5.41 Å². The largest absolute Gasteiger partial charge is 0.468 e. The normalized spacial score (nSPS) is 16.9. The van der Waals surface area contributed by atoms with Gasteiger partial charge in [0, 0.05) is 5.56 Å². The Morgan fingerprint density at radius 1 is 1.20 bits per heavy atom. The molecule has 1 aromatic carbocycles. The standard InChI is InChI=1S/C12H12O3/c1-15-11(14)12(7-8-12)10(13)9-5-3-2-4-6-9/h2-6H,7-8H2,1H3. The monoisotopic (exact) mass is 204 g/mol. The van der Waals surface area contributed by atoms with Crippen LogP contribution in [0.25, 0.3) is 0 Å². The van der Waals surface area contributed by atoms with E-state index in [0.717, 1.165) is 0 Å². The molecule has 0 radical (unpaired) electrons. The fraction of sp³-hybridized carbons (Fsp3) is 0.333. The molecule has 0 aromatic heterocycles. The first kappa shape index (κ1) is 9.90. The lowest BCUT2D eigenvalue weighted by molar-refractivity contribution is -0.145. The van der Waals surface area contributed by atoms with Crippen molar-refractivity contribution in [2.45, 2.75) is 12.8 Å². The Morgan fingerprint density at radius 2 is 1.80 bits per heavy atom. The average Bonchev–Trinajstić information content (AvgIpc) is 3.09. The van der Waals surface area contributed by atoms with Crippen molar-refractivity contribution in [2.75, 3.05) is 7.11 Å². The van der Waals surface area contributed by atoms with Crippen LogP contribution in [0.4, 0.5) is 0 Å². The Balaban J connectivity index is 2.26. The van der Waals surface area contributed by atoms with Gasteiger partial charge in [0.05, 0.1) is 7.11 Å². The van der Waals surface area contributed by atoms with E-state index in [0.29, 0.717) is 18.4 Å². The first-order chi connectivity index (χ1) is 7.20. The molecule has 0 amide bonds. The van der Waals surface area contributed by atoms with Gasteiger partial charge in [0.2, 0.25) is 0 Å². The minimum atomic E-state index is -0.879. The summed E-state index contributed by atoms with van der Waals surface area (Å²) in [4.78, 5) is 23.5. The van der Waals surface area contributed by atoms with E-state index in [1.807, 2.05) is 6.07 Å². The smallest absolute Gasteiger partial charge is 0.319 e. The van der Waals surface area contributed by atoms with Crippen LogP contribution < -0.4 is 0 Å². The van der Waals surface area contributed by atoms with Gasteiger partial charge in [0.25, 0.3) is 0 Å². The maximum Gasteiger partial charge on any atom is 0.319 e. The van der Waals surface area contributed by atoms with Gasteiger partial charge in [-0.3, -0.25) is 9.59 Å². The molecule has 2 rings (SSSR count). The van der Waals surface area contributed by atoms with Crippen molar-refractivity contribution >= 4 is 11.8 Å². The number of esters is 1. The molecule has 0 atom stereocenters. The molecule has 1 aliphatic carbocycles. The van der Waals surface area contributed by atoms with Crippen LogP contribution in [-0.2, 0) is 9.53 Å². The maximum atomic E-state index is 12.0. The Bertz CT molecular complexity index is 391. The molecule has 3 heteroatoms. The van der Waals surface area contributed by atoms with Gasteiger partial charge >= 0.3 is 5.97 Å². The molecule has 1 aliphatic rings. The van der Waals surface area contributed by atoms with E-state index in [9.17, 15) is 9.59 Å². The van der Waals surface area contributed by atoms with E-state index in [-0.39, 0.29) is 5.78 Å². The van der Waals surface area contributed by atoms with Crippen LogP contribution in [0.5, 0.6) is 0 Å². The highest BCUT2D eigenvalue weighted by Gasteiger charge is 2.57. The molecule has 0 N–H and O–H groups in total. The Hall–Kier alpha value is -1.64. The highest BCUT2D eigenvalue weighted by atomic mass is 16.5. The summed E-state index contributed by atoms with van der Waals surface area (Å²) in [7, 11) is 1.32. The molecule has 0 unspecified atom stereocenters. The van der Waals surface area contributed by atoms with Gasteiger partial charge in [-0.25, -0.2) is 0 Å². The van der Waals surface area contributed by atoms with Crippen LogP contribution >= 0.6 is 0 Å². The van der Waals surface area contributed by atoms with Gasteiger partial charge in [-0.05, 0) is 12.8 Å². The summed E-state index contributed by atoms with van der Waals surface area (Å²) < 4.78 is 4.66. The van der Waals surface area contributed by atoms with Crippen molar-refractivity contribution < 1.29 is 14.3 Å². The molecule has 1 aromatic rings. The van der Waals surface area contributed by atoms with Crippen molar-refractivity contribution in [3.63, 3.8) is 0 Å². The van der Waals surface area contributed by atoms with E-state index in [2.05, 4.69) is 4.74 Å². The quantitative estimate of drug-likeness (QED) is 0.428. The molecule has 1 fully saturated rings. The van der Waals surface area contributed by atoms with Crippen LogP contribution in [0.3, 0.4) is 0 Å². The van der Waals surface area contributed by atoms with Crippen molar-refractivity contribution in [3.8, 4) is 0 Å². The van der Waals surface area contributed by atoms with Crippen LogP contribution in [0.1, 0.15) is 23.2 Å². The third-order valence-corrected chi connectivity index (χ3v) is 2.80. The zero-order valence-corrected chi connectivity index (χ0v) is 8.53. The SMILES string of the molecule is COC(=O)C1(C(=O)c2ccccc2)CC1. The molecular weight excluding hydrogens is 192 g/mol. The van der Waals surface area contributed by atoms with Gasteiger partial charge in [0.1, 0.15) is 5.41 Å². The molecule has 0 aliphatic heterocycles. The number of ether oxygens (including phenoxy) is 1. The lowest BCUT2D eigenvalue weighted by atomic mass is 9.95. The third-order valence-electron chi connectivity index (χ3n) is 2.80. The van der Waals surface area contributed by atoms with Gasteiger partial charge in [-0.2, -0.15) is 0 Å². The number of rotatable bonds is 3. The van der Waals surface area contributed by atoms with Gasteiger partial charge in [-0.15, -0.1) is 0 Å². The molecule has 1 saturated carbocycles. The second kappa shape index (κ2) is 3.50. The Labute approximate surface area is 88.1 Å². The Morgan fingerprint density at radius 3 is 2.27 bits per heavy atom. The van der Waals surface area contributed by atoms with E-state index in [1.54, 1.807) is 24.3 Å². The lowest BCUT2D eigenvalue weighted by Crippen LogP contribution is -2.27. The van der Waals surface area contributed by atoms with Gasteiger partial charge in [-0.1, -0.05) is 30.3 Å². The summed E-state index contributed by atoms with van der Waals surface area (Å²) in [5.41, 5.74) is -0.295. The fourth-order valence-corrected chi connectivity index (χ4v) is 1.71. The van der Waals surface area contributed by atoms with Crippen LogP contribution in [0.15, 0.2) is 30.3 Å². The second-order valence-corrected chi connectivity index (χ2v) is 3.77. The van der Waals surface area contributed by atoms with Crippen LogP contribution in [-0.4, -0.2) is 18.9 Å². The molecule has 0 spiro atoms. The molecule has 15 heavy (non-hydrogen) atoms. The highest BCUT2D eigenvalue weighted by Crippen LogP contribution is 2.49. The van der Waals surface area contributed by atoms with Crippen molar-refractivity contribution in [1.29, 1.82) is 0 Å². The molecule has 78 valence electrons. The summed E-state index contributed by atoms with van der Waals surface area (Å²) >= 11 is 0. The first-order valence-corrected chi connectivity index (χ1v) is 4.89. The third kappa shape index (κ3) is 1.54. The summed E-state index contributed by atoms with van der Waals surface area (Å²) in [5.74, 6) is -0.522. The number of methoxy groups -OCH3 is 1. The maximum absolute atomic E-state index is 12.0. The topological polar surface area (TPSA) is 43.4 Å². The molecule has 3 nitrogen and oxygen atoms in total. The predicted octanol–water partition coefficient (Wildman–Crippen LogP) is 1.82. The number of Topliss-reactive ketones (excluding diaryl/α,β-unsaturated/α-hetero) is 1. The van der Waals surface area contributed by atoms with Crippen molar-refractivity contribution in [2.24, 2.45) is 5.41 Å². The van der Waals surface area contributed by atoms with Crippen molar-refractivity contribution in [3.05, 3.63) is 35.9 Å². The summed E-state index contributed by atoms with van der Waals surface area (Å²) in [6.07, 6.45) is 1.21. The van der Waals surface area contributed by atoms with Gasteiger partial charge in [0.15, 0.2) is 5.78 Å². The zero-order valence-electron chi connectivity index (χ0n) is 8.53. The number of carbonyl (C=O) groups excluding carboxylic acids is 2. The minimum absolute atomic E-state index is 0.116. The predicted molar refractivity (Wildman–Crippen MR) is 54.5 cm³/mol. The minimum Gasteiger partial charge on any atom is -0.468 e. The molecule has 0 bridgehead atoms. The molecule has 0 heterocycles. The Kier molecular flexibility index (Phi) is 2.31. The average molecular weight is 204 g/mol. The lowest BCUT2D eigenvalue weighted by Gasteiger charge is -2.10. The highest BCUT2D eigenvalue weighted by molar-refractivity contribution is 6.14. The van der Waals surface area contributed by atoms with E-state index in [4.69, 9.17) is 0 Å². The number of ketones is 1. The van der Waals surface area contributed by atoms with Crippen molar-refractivity contribution in [1.82, 2.24) is 0 Å².